The second kappa shape index (κ2) is 16.6. The molecule has 2 aliphatic heterocycles. The number of nitrogens with zero attached hydrogens (tertiary/aromatic N) is 4. The molecular formula is C35H54BN5O4. The summed E-state index contributed by atoms with van der Waals surface area (Å²) >= 11 is 0. The largest absolute Gasteiger partial charge is 0.521 e. The van der Waals surface area contributed by atoms with E-state index < -0.39 is 12.7 Å². The number of amides is 1. The fourth-order valence-electron chi connectivity index (χ4n) is 8.11. The Labute approximate surface area is 270 Å². The molecule has 2 aromatic rings. The van der Waals surface area contributed by atoms with E-state index in [1.807, 2.05) is 37.3 Å². The highest BCUT2D eigenvalue weighted by molar-refractivity contribution is 6.66. The molecule has 2 unspecified atom stereocenters. The lowest BCUT2D eigenvalue weighted by Crippen LogP contribution is -2.70. The van der Waals surface area contributed by atoms with Crippen molar-refractivity contribution in [2.24, 2.45) is 5.92 Å². The maximum Gasteiger partial charge on any atom is 0.415 e. The fourth-order valence-corrected chi connectivity index (χ4v) is 8.11. The second-order valence-electron chi connectivity index (χ2n) is 13.8. The number of aromatic nitrogens is 2. The summed E-state index contributed by atoms with van der Waals surface area (Å²) in [7, 11) is 2.19. The number of hydrogen-bond acceptors (Lipinski definition) is 7. The average Bonchev–Trinajstić information content (AvgIpc) is 3.55. The number of ketones is 2. The van der Waals surface area contributed by atoms with Crippen molar-refractivity contribution in [3.8, 4) is 0 Å². The summed E-state index contributed by atoms with van der Waals surface area (Å²) in [4.78, 5) is 49.8. The molecule has 0 aliphatic carbocycles. The number of carbonyl (C=O) groups is 3. The van der Waals surface area contributed by atoms with Crippen LogP contribution in [0.2, 0.25) is 5.82 Å². The highest BCUT2D eigenvalue weighted by Crippen LogP contribution is 2.48. The van der Waals surface area contributed by atoms with Crippen LogP contribution in [0.1, 0.15) is 94.6 Å². The van der Waals surface area contributed by atoms with Crippen LogP contribution >= 0.6 is 0 Å². The second-order valence-corrected chi connectivity index (χ2v) is 13.8. The van der Waals surface area contributed by atoms with E-state index in [0.717, 1.165) is 74.7 Å². The van der Waals surface area contributed by atoms with Gasteiger partial charge in [0.05, 0.1) is 31.9 Å². The Balaban J connectivity index is 1.51. The van der Waals surface area contributed by atoms with E-state index in [2.05, 4.69) is 41.0 Å². The third kappa shape index (κ3) is 8.66. The fraction of sp³-hybridized carbons (Fsp3) is 0.629. The van der Waals surface area contributed by atoms with Gasteiger partial charge in [0, 0.05) is 38.3 Å². The van der Waals surface area contributed by atoms with Gasteiger partial charge in [0.25, 0.3) is 5.91 Å². The van der Waals surface area contributed by atoms with Crippen LogP contribution in [0.3, 0.4) is 0 Å². The third-order valence-electron chi connectivity index (χ3n) is 10.3. The molecule has 1 N–H and O–H groups in total. The van der Waals surface area contributed by atoms with Crippen molar-refractivity contribution in [1.29, 1.82) is 0 Å². The zero-order chi connectivity index (χ0) is 32.3. The number of nitrogens with one attached hydrogen (secondary N) is 1. The van der Waals surface area contributed by atoms with Crippen molar-refractivity contribution in [3.63, 3.8) is 0 Å². The van der Waals surface area contributed by atoms with Crippen LogP contribution in [0.4, 0.5) is 0 Å². The highest BCUT2D eigenvalue weighted by Gasteiger charge is 2.63. The summed E-state index contributed by atoms with van der Waals surface area (Å²) < 4.78 is 7.83. The predicted molar refractivity (Wildman–Crippen MR) is 178 cm³/mol. The quantitative estimate of drug-likeness (QED) is 0.170. The summed E-state index contributed by atoms with van der Waals surface area (Å²) in [6, 6.07) is 9.19. The summed E-state index contributed by atoms with van der Waals surface area (Å²) in [6.07, 6.45) is 13.0. The number of rotatable bonds is 19. The lowest BCUT2D eigenvalue weighted by Gasteiger charge is -2.55. The van der Waals surface area contributed by atoms with Gasteiger partial charge in [0.15, 0.2) is 5.78 Å². The molecule has 0 saturated carbocycles. The Kier molecular flexibility index (Phi) is 12.9. The lowest BCUT2D eigenvalue weighted by atomic mass is 9.46. The maximum absolute atomic E-state index is 14.3. The molecule has 4 atom stereocenters. The zero-order valence-corrected chi connectivity index (χ0v) is 28.0. The molecule has 1 amide bonds. The van der Waals surface area contributed by atoms with E-state index in [1.165, 1.54) is 18.6 Å². The molecule has 2 fully saturated rings. The number of Topliss-reactive ketones (excluding diaryl/α,β-unsaturated/α-hetero) is 2. The van der Waals surface area contributed by atoms with Crippen molar-refractivity contribution in [1.82, 2.24) is 20.1 Å². The number of hydrogen-bond donors (Lipinski definition) is 1. The van der Waals surface area contributed by atoms with Gasteiger partial charge in [-0.2, -0.15) is 0 Å². The van der Waals surface area contributed by atoms with Crippen LogP contribution in [0.25, 0.3) is 0 Å². The van der Waals surface area contributed by atoms with Crippen LogP contribution in [-0.2, 0) is 20.7 Å². The van der Waals surface area contributed by atoms with E-state index >= 15 is 0 Å². The molecule has 246 valence electrons. The van der Waals surface area contributed by atoms with Gasteiger partial charge < -0.3 is 19.2 Å². The van der Waals surface area contributed by atoms with Crippen molar-refractivity contribution in [2.45, 2.75) is 96.8 Å². The van der Waals surface area contributed by atoms with E-state index in [1.54, 1.807) is 0 Å². The Hall–Kier alpha value is -2.95. The maximum atomic E-state index is 14.3. The van der Waals surface area contributed by atoms with E-state index in [-0.39, 0.29) is 23.2 Å². The topological polar surface area (TPSA) is 101 Å². The van der Waals surface area contributed by atoms with Gasteiger partial charge in [-0.3, -0.25) is 19.4 Å². The molecule has 10 heteroatoms. The molecule has 1 aromatic heterocycles. The van der Waals surface area contributed by atoms with Crippen molar-refractivity contribution in [2.75, 3.05) is 39.8 Å². The van der Waals surface area contributed by atoms with E-state index in [9.17, 15) is 14.4 Å². The first-order valence-electron chi connectivity index (χ1n) is 17.2. The van der Waals surface area contributed by atoms with Crippen LogP contribution in [-0.4, -0.2) is 89.1 Å². The Morgan fingerprint density at radius 3 is 2.51 bits per heavy atom. The molecule has 0 spiro atoms. The summed E-state index contributed by atoms with van der Waals surface area (Å²) in [5.74, 6) is 0.445. The van der Waals surface area contributed by atoms with E-state index in [4.69, 9.17) is 4.65 Å². The molecule has 0 radical (unpaired) electrons. The molecule has 2 aliphatic rings. The van der Waals surface area contributed by atoms with Gasteiger partial charge in [-0.05, 0) is 50.6 Å². The minimum absolute atomic E-state index is 0.0357. The number of unbranched alkanes of at least 4 members (excludes halogenated alkanes) is 4. The first-order chi connectivity index (χ1) is 21.7. The molecule has 45 heavy (non-hydrogen) atoms. The molecular weight excluding hydrogens is 565 g/mol. The van der Waals surface area contributed by atoms with Gasteiger partial charge in [-0.25, -0.2) is 4.98 Å². The molecule has 1 aromatic carbocycles. The van der Waals surface area contributed by atoms with Crippen molar-refractivity contribution in [3.05, 3.63) is 60.2 Å². The predicted octanol–water partition coefficient (Wildman–Crippen LogP) is 5.24. The molecule has 4 rings (SSSR count). The van der Waals surface area contributed by atoms with Crippen molar-refractivity contribution < 1.29 is 23.4 Å². The standard InChI is InChI=1S/C35H54BN5O4/c1-5-31(42)16-12-7-6-8-13-20-41-21-19-40(4)36(41,45-23-22-41)30(24-28(2)3)26-34(43)32(25-29-14-10-9-11-15-29)39-35(44)33-27-37-17-18-38-33/h9-11,14-15,17-18,27-28,30,32H,5-8,12-13,16,19-26H2,1-4H3,(H,39,44)/t30-,32+,36?,41?/m1/s1. The highest BCUT2D eigenvalue weighted by atomic mass is 16.5. The summed E-state index contributed by atoms with van der Waals surface area (Å²) in [6.45, 7) is 9.67. The minimum Gasteiger partial charge on any atom is -0.521 e. The third-order valence-corrected chi connectivity index (χ3v) is 10.3. The Morgan fingerprint density at radius 1 is 1.04 bits per heavy atom. The first-order valence-corrected chi connectivity index (χ1v) is 17.2. The Bertz CT molecular complexity index is 1250. The van der Waals surface area contributed by atoms with Crippen LogP contribution < -0.4 is 5.32 Å². The number of carbonyl (C=O) groups excluding carboxylic acids is 3. The monoisotopic (exact) mass is 619 g/mol. The zero-order valence-electron chi connectivity index (χ0n) is 28.0. The number of fused-ring (bicyclic) bond motifs is 1. The van der Waals surface area contributed by atoms with Gasteiger partial charge >= 0.3 is 6.62 Å². The van der Waals surface area contributed by atoms with Crippen LogP contribution in [0, 0.1) is 5.92 Å². The molecule has 2 saturated heterocycles. The van der Waals surface area contributed by atoms with E-state index in [0.29, 0.717) is 44.0 Å². The smallest absolute Gasteiger partial charge is 0.415 e. The summed E-state index contributed by atoms with van der Waals surface area (Å²) in [5.41, 5.74) is 1.20. The lowest BCUT2D eigenvalue weighted by molar-refractivity contribution is -0.822. The van der Waals surface area contributed by atoms with Crippen LogP contribution in [0.5, 0.6) is 0 Å². The average molecular weight is 620 g/mol. The molecule has 0 bridgehead atoms. The number of likely N-dealkylation sites (N-methyl/N-ethyl adjacent to an activating group) is 1. The SMILES string of the molecule is CCC(=O)CCCCCCC[N+]12CCO[B-]1([C@@H](CC(=O)[C@H](Cc1ccccc1)NC(=O)c1cnccn1)CC(C)C)N(C)CC2. The number of benzene rings is 1. The van der Waals surface area contributed by atoms with Gasteiger partial charge in [0.1, 0.15) is 11.5 Å². The van der Waals surface area contributed by atoms with Gasteiger partial charge in [0.2, 0.25) is 0 Å². The van der Waals surface area contributed by atoms with Crippen molar-refractivity contribution >= 4 is 24.1 Å². The Morgan fingerprint density at radius 2 is 1.80 bits per heavy atom. The first kappa shape index (κ1) is 34.9. The van der Waals surface area contributed by atoms with Gasteiger partial charge in [-0.1, -0.05) is 76.2 Å². The van der Waals surface area contributed by atoms with Gasteiger partial charge in [-0.15, -0.1) is 0 Å². The summed E-state index contributed by atoms with van der Waals surface area (Å²) in [5, 5.41) is 3.01. The number of quaternary nitrogens is 1. The molecule has 9 nitrogen and oxygen atoms in total. The minimum atomic E-state index is -1.46. The normalized spacial score (nSPS) is 22.7. The van der Waals surface area contributed by atoms with Crippen LogP contribution in [0.15, 0.2) is 48.9 Å². The molecule has 3 heterocycles.